The Morgan fingerprint density at radius 3 is 2.85 bits per heavy atom. The van der Waals surface area contributed by atoms with Gasteiger partial charge in [-0.15, -0.1) is 0 Å². The standard InChI is InChI=1S/C10H12N2O/c1-12(2)10-5-3-4-9(6-10)7-11-8-13/h3-6H,7H2,1-2H3. The topological polar surface area (TPSA) is 32.7 Å². The minimum Gasteiger partial charge on any atom is -0.378 e. The van der Waals surface area contributed by atoms with E-state index in [2.05, 4.69) is 4.99 Å². The summed E-state index contributed by atoms with van der Waals surface area (Å²) in [6.07, 6.45) is 1.53. The molecule has 0 aliphatic carbocycles. The fraction of sp³-hybridized carbons (Fsp3) is 0.300. The number of anilines is 1. The Morgan fingerprint density at radius 1 is 1.46 bits per heavy atom. The second-order valence-corrected chi connectivity index (χ2v) is 2.97. The van der Waals surface area contributed by atoms with Gasteiger partial charge in [-0.2, -0.15) is 0 Å². The van der Waals surface area contributed by atoms with Gasteiger partial charge < -0.3 is 4.90 Å². The second kappa shape index (κ2) is 4.43. The van der Waals surface area contributed by atoms with E-state index >= 15 is 0 Å². The summed E-state index contributed by atoms with van der Waals surface area (Å²) < 4.78 is 0. The molecule has 3 nitrogen and oxygen atoms in total. The Bertz CT molecular complexity index is 327. The van der Waals surface area contributed by atoms with Gasteiger partial charge in [0.05, 0.1) is 6.54 Å². The van der Waals surface area contributed by atoms with Gasteiger partial charge in [0, 0.05) is 19.8 Å². The van der Waals surface area contributed by atoms with Crippen LogP contribution in [0.4, 0.5) is 5.69 Å². The molecule has 0 amide bonds. The molecule has 0 bridgehead atoms. The van der Waals surface area contributed by atoms with Crippen molar-refractivity contribution in [1.82, 2.24) is 0 Å². The van der Waals surface area contributed by atoms with E-state index < -0.39 is 0 Å². The van der Waals surface area contributed by atoms with Crippen molar-refractivity contribution in [3.63, 3.8) is 0 Å². The Balaban J connectivity index is 2.85. The molecule has 3 heteroatoms. The summed E-state index contributed by atoms with van der Waals surface area (Å²) in [4.78, 5) is 15.4. The normalized spacial score (nSPS) is 9.08. The SMILES string of the molecule is CN(C)c1cccc(CN=C=O)c1. The van der Waals surface area contributed by atoms with E-state index in [4.69, 9.17) is 0 Å². The van der Waals surface area contributed by atoms with Crippen LogP contribution in [0.25, 0.3) is 0 Å². The van der Waals surface area contributed by atoms with Crippen molar-refractivity contribution in [1.29, 1.82) is 0 Å². The van der Waals surface area contributed by atoms with E-state index in [1.165, 1.54) is 6.08 Å². The summed E-state index contributed by atoms with van der Waals surface area (Å²) in [6.45, 7) is 0.408. The predicted molar refractivity (Wildman–Crippen MR) is 52.6 cm³/mol. The number of rotatable bonds is 3. The molecule has 0 fully saturated rings. The number of hydrogen-bond acceptors (Lipinski definition) is 3. The third kappa shape index (κ3) is 2.73. The molecule has 0 radical (unpaired) electrons. The molecule has 0 aliphatic rings. The molecule has 1 rings (SSSR count). The van der Waals surface area contributed by atoms with Crippen molar-refractivity contribution in [3.8, 4) is 0 Å². The van der Waals surface area contributed by atoms with Crippen LogP contribution >= 0.6 is 0 Å². The van der Waals surface area contributed by atoms with Gasteiger partial charge in [-0.1, -0.05) is 12.1 Å². The molecule has 1 aromatic carbocycles. The molecule has 0 saturated carbocycles. The van der Waals surface area contributed by atoms with Crippen LogP contribution in [0, 0.1) is 0 Å². The molecule has 0 atom stereocenters. The summed E-state index contributed by atoms with van der Waals surface area (Å²) in [5, 5.41) is 0. The van der Waals surface area contributed by atoms with E-state index in [1.807, 2.05) is 43.3 Å². The fourth-order valence-corrected chi connectivity index (χ4v) is 1.06. The van der Waals surface area contributed by atoms with Crippen LogP contribution in [0.3, 0.4) is 0 Å². The van der Waals surface area contributed by atoms with Crippen LogP contribution in [0.15, 0.2) is 29.3 Å². The largest absolute Gasteiger partial charge is 0.378 e. The number of nitrogens with zero attached hydrogens (tertiary/aromatic N) is 2. The fourth-order valence-electron chi connectivity index (χ4n) is 1.06. The van der Waals surface area contributed by atoms with Crippen LogP contribution in [-0.4, -0.2) is 20.2 Å². The first-order valence-electron chi connectivity index (χ1n) is 4.04. The van der Waals surface area contributed by atoms with E-state index in [-0.39, 0.29) is 0 Å². The van der Waals surface area contributed by atoms with Gasteiger partial charge in [-0.3, -0.25) is 0 Å². The number of aliphatic imine (C=N–C) groups is 1. The highest BCUT2D eigenvalue weighted by Crippen LogP contribution is 2.13. The minimum absolute atomic E-state index is 0.408. The van der Waals surface area contributed by atoms with Crippen molar-refractivity contribution < 1.29 is 4.79 Å². The highest BCUT2D eigenvalue weighted by atomic mass is 16.1. The molecule has 0 aliphatic heterocycles. The Labute approximate surface area is 77.7 Å². The zero-order valence-electron chi connectivity index (χ0n) is 7.82. The van der Waals surface area contributed by atoms with Crippen molar-refractivity contribution in [2.45, 2.75) is 6.54 Å². The highest BCUT2D eigenvalue weighted by Gasteiger charge is 1.95. The van der Waals surface area contributed by atoms with Crippen molar-refractivity contribution in [2.75, 3.05) is 19.0 Å². The van der Waals surface area contributed by atoms with E-state index in [9.17, 15) is 4.79 Å². The zero-order chi connectivity index (χ0) is 9.68. The van der Waals surface area contributed by atoms with Crippen LogP contribution in [0.1, 0.15) is 5.56 Å². The average Bonchev–Trinajstić information content (AvgIpc) is 2.15. The second-order valence-electron chi connectivity index (χ2n) is 2.97. The maximum absolute atomic E-state index is 9.89. The molecular weight excluding hydrogens is 164 g/mol. The molecular formula is C10H12N2O. The highest BCUT2D eigenvalue weighted by molar-refractivity contribution is 5.47. The first kappa shape index (κ1) is 9.49. The molecule has 0 N–H and O–H groups in total. The molecule has 1 aromatic rings. The third-order valence-electron chi connectivity index (χ3n) is 1.75. The maximum Gasteiger partial charge on any atom is 0.235 e. The monoisotopic (exact) mass is 176 g/mol. The van der Waals surface area contributed by atoms with E-state index in [0.29, 0.717) is 6.54 Å². The molecule has 0 aromatic heterocycles. The van der Waals surface area contributed by atoms with Gasteiger partial charge in [0.25, 0.3) is 0 Å². The first-order chi connectivity index (χ1) is 6.24. The first-order valence-corrected chi connectivity index (χ1v) is 4.04. The lowest BCUT2D eigenvalue weighted by Crippen LogP contribution is -2.08. The van der Waals surface area contributed by atoms with Gasteiger partial charge in [0.1, 0.15) is 0 Å². The lowest BCUT2D eigenvalue weighted by molar-refractivity contribution is 0.563. The molecule has 0 heterocycles. The maximum atomic E-state index is 9.89. The van der Waals surface area contributed by atoms with E-state index in [0.717, 1.165) is 11.3 Å². The Morgan fingerprint density at radius 2 is 2.23 bits per heavy atom. The number of benzene rings is 1. The molecule has 68 valence electrons. The molecule has 0 spiro atoms. The van der Waals surface area contributed by atoms with Crippen molar-refractivity contribution in [2.24, 2.45) is 4.99 Å². The van der Waals surface area contributed by atoms with Gasteiger partial charge in [0.15, 0.2) is 0 Å². The Kier molecular flexibility index (Phi) is 3.23. The quantitative estimate of drug-likeness (QED) is 0.517. The number of isocyanates is 1. The van der Waals surface area contributed by atoms with Crippen LogP contribution in [-0.2, 0) is 11.3 Å². The molecule has 0 saturated heterocycles. The van der Waals surface area contributed by atoms with E-state index in [1.54, 1.807) is 0 Å². The van der Waals surface area contributed by atoms with Gasteiger partial charge in [-0.05, 0) is 17.7 Å². The predicted octanol–water partition coefficient (Wildman–Crippen LogP) is 1.59. The van der Waals surface area contributed by atoms with Gasteiger partial charge >= 0.3 is 0 Å². The number of carbonyl (C=O) groups excluding carboxylic acids is 1. The van der Waals surface area contributed by atoms with Crippen LogP contribution < -0.4 is 4.90 Å². The summed E-state index contributed by atoms with van der Waals surface area (Å²) in [7, 11) is 3.95. The summed E-state index contributed by atoms with van der Waals surface area (Å²) in [6, 6.07) is 7.90. The zero-order valence-corrected chi connectivity index (χ0v) is 7.82. The summed E-state index contributed by atoms with van der Waals surface area (Å²) in [5.74, 6) is 0. The van der Waals surface area contributed by atoms with Crippen LogP contribution in [0.5, 0.6) is 0 Å². The summed E-state index contributed by atoms with van der Waals surface area (Å²) in [5.41, 5.74) is 2.13. The summed E-state index contributed by atoms with van der Waals surface area (Å²) >= 11 is 0. The third-order valence-corrected chi connectivity index (χ3v) is 1.75. The lowest BCUT2D eigenvalue weighted by Gasteiger charge is -2.12. The minimum atomic E-state index is 0.408. The molecule has 0 unspecified atom stereocenters. The van der Waals surface area contributed by atoms with Crippen LogP contribution in [0.2, 0.25) is 0 Å². The van der Waals surface area contributed by atoms with Gasteiger partial charge in [-0.25, -0.2) is 9.79 Å². The van der Waals surface area contributed by atoms with Crippen molar-refractivity contribution >= 4 is 11.8 Å². The number of hydrogen-bond donors (Lipinski definition) is 0. The van der Waals surface area contributed by atoms with Crippen molar-refractivity contribution in [3.05, 3.63) is 29.8 Å². The van der Waals surface area contributed by atoms with Gasteiger partial charge in [0.2, 0.25) is 6.08 Å². The lowest BCUT2D eigenvalue weighted by atomic mass is 10.2. The Hall–Kier alpha value is -1.60. The molecule has 13 heavy (non-hydrogen) atoms. The smallest absolute Gasteiger partial charge is 0.235 e. The average molecular weight is 176 g/mol.